The standard InChI is InChI=1S/C26H25F3N4O3/c1-13(16-7-6-8-17(22(16)27)23(28)29)30-24-19-12-18(15-9-10-20(35-4)21(11-15)36-5)26(34)33(3)25(19)32-14(2)31-24/h6-13,23H,1-5H3,(H,30,31,32)/t13-/m1/s1. The molecule has 1 atom stereocenters. The third-order valence-corrected chi connectivity index (χ3v) is 5.99. The zero-order chi connectivity index (χ0) is 26.1. The Morgan fingerprint density at radius 3 is 2.36 bits per heavy atom. The molecule has 2 heterocycles. The predicted octanol–water partition coefficient (Wildman–Crippen LogP) is 5.57. The highest BCUT2D eigenvalue weighted by Crippen LogP contribution is 2.34. The van der Waals surface area contributed by atoms with Gasteiger partial charge in [-0.1, -0.05) is 24.3 Å². The first-order valence-corrected chi connectivity index (χ1v) is 11.1. The van der Waals surface area contributed by atoms with Crippen molar-refractivity contribution in [3.63, 3.8) is 0 Å². The molecule has 0 unspecified atom stereocenters. The summed E-state index contributed by atoms with van der Waals surface area (Å²) in [5.74, 6) is 0.721. The fraction of sp³-hybridized carbons (Fsp3) is 0.269. The summed E-state index contributed by atoms with van der Waals surface area (Å²) < 4.78 is 53.3. The van der Waals surface area contributed by atoms with E-state index in [1.165, 1.54) is 30.9 Å². The van der Waals surface area contributed by atoms with E-state index in [1.54, 1.807) is 45.2 Å². The number of nitrogens with zero attached hydrogens (tertiary/aromatic N) is 3. The van der Waals surface area contributed by atoms with Crippen molar-refractivity contribution in [1.82, 2.24) is 14.5 Å². The maximum absolute atomic E-state index is 14.8. The van der Waals surface area contributed by atoms with E-state index in [1.807, 2.05) is 0 Å². The average Bonchev–Trinajstić information content (AvgIpc) is 2.85. The molecule has 10 heteroatoms. The number of alkyl halides is 2. The molecule has 0 saturated heterocycles. The minimum atomic E-state index is -2.93. The van der Waals surface area contributed by atoms with Gasteiger partial charge in [0, 0.05) is 18.2 Å². The summed E-state index contributed by atoms with van der Waals surface area (Å²) in [5.41, 5.74) is 0.436. The topological polar surface area (TPSA) is 78.3 Å². The molecule has 7 nitrogen and oxygen atoms in total. The van der Waals surface area contributed by atoms with Crippen LogP contribution >= 0.6 is 0 Å². The molecule has 0 saturated carbocycles. The number of nitrogens with one attached hydrogen (secondary N) is 1. The normalized spacial score (nSPS) is 12.1. The Bertz CT molecular complexity index is 1500. The Balaban J connectivity index is 1.86. The highest BCUT2D eigenvalue weighted by Gasteiger charge is 2.21. The van der Waals surface area contributed by atoms with Gasteiger partial charge in [0.15, 0.2) is 11.5 Å². The lowest BCUT2D eigenvalue weighted by molar-refractivity contribution is 0.146. The van der Waals surface area contributed by atoms with Crippen LogP contribution in [-0.2, 0) is 7.05 Å². The van der Waals surface area contributed by atoms with Gasteiger partial charge in [-0.2, -0.15) is 0 Å². The molecule has 2 aromatic carbocycles. The highest BCUT2D eigenvalue weighted by atomic mass is 19.3. The Kier molecular flexibility index (Phi) is 6.87. The number of methoxy groups -OCH3 is 2. The molecular formula is C26H25F3N4O3. The van der Waals surface area contributed by atoms with Crippen LogP contribution in [0.2, 0.25) is 0 Å². The molecule has 4 aromatic rings. The van der Waals surface area contributed by atoms with Gasteiger partial charge >= 0.3 is 0 Å². The maximum atomic E-state index is 14.8. The molecule has 4 rings (SSSR count). The molecular weight excluding hydrogens is 473 g/mol. The van der Waals surface area contributed by atoms with Gasteiger partial charge < -0.3 is 14.8 Å². The number of ether oxygens (including phenoxy) is 2. The summed E-state index contributed by atoms with van der Waals surface area (Å²) in [6.07, 6.45) is -2.93. The van der Waals surface area contributed by atoms with Crippen LogP contribution in [0.3, 0.4) is 0 Å². The number of hydrogen-bond donors (Lipinski definition) is 1. The van der Waals surface area contributed by atoms with E-state index in [0.717, 1.165) is 6.07 Å². The van der Waals surface area contributed by atoms with Gasteiger partial charge in [-0.25, -0.2) is 23.1 Å². The largest absolute Gasteiger partial charge is 0.493 e. The average molecular weight is 499 g/mol. The van der Waals surface area contributed by atoms with Gasteiger partial charge in [0.05, 0.1) is 31.2 Å². The lowest BCUT2D eigenvalue weighted by Gasteiger charge is -2.19. The van der Waals surface area contributed by atoms with Crippen LogP contribution in [-0.4, -0.2) is 28.8 Å². The number of fused-ring (bicyclic) bond motifs is 1. The van der Waals surface area contributed by atoms with Crippen LogP contribution in [0.4, 0.5) is 19.0 Å². The number of halogens is 3. The Morgan fingerprint density at radius 1 is 1.00 bits per heavy atom. The third-order valence-electron chi connectivity index (χ3n) is 5.99. The summed E-state index contributed by atoms with van der Waals surface area (Å²) in [4.78, 5) is 22.1. The maximum Gasteiger partial charge on any atom is 0.266 e. The van der Waals surface area contributed by atoms with E-state index >= 15 is 0 Å². The summed E-state index contributed by atoms with van der Waals surface area (Å²) in [5, 5.41) is 3.62. The monoisotopic (exact) mass is 498 g/mol. The zero-order valence-corrected chi connectivity index (χ0v) is 20.4. The van der Waals surface area contributed by atoms with E-state index in [2.05, 4.69) is 15.3 Å². The van der Waals surface area contributed by atoms with Crippen molar-refractivity contribution >= 4 is 16.9 Å². The van der Waals surface area contributed by atoms with Crippen molar-refractivity contribution in [2.75, 3.05) is 19.5 Å². The van der Waals surface area contributed by atoms with E-state index in [9.17, 15) is 18.0 Å². The molecule has 188 valence electrons. The number of rotatable bonds is 7. The van der Waals surface area contributed by atoms with Gasteiger partial charge in [0.1, 0.15) is 23.1 Å². The van der Waals surface area contributed by atoms with Crippen molar-refractivity contribution < 1.29 is 22.6 Å². The number of hydrogen-bond acceptors (Lipinski definition) is 6. The van der Waals surface area contributed by atoms with E-state index < -0.39 is 23.8 Å². The molecule has 0 aliphatic rings. The van der Waals surface area contributed by atoms with Crippen LogP contribution in [0.5, 0.6) is 11.5 Å². The summed E-state index contributed by atoms with van der Waals surface area (Å²) in [6, 6.07) is 9.97. The highest BCUT2D eigenvalue weighted by molar-refractivity contribution is 5.90. The minimum absolute atomic E-state index is 0.0714. The SMILES string of the molecule is COc1ccc(-c2cc3c(N[C@H](C)c4cccc(C(F)F)c4F)nc(C)nc3n(C)c2=O)cc1OC. The lowest BCUT2D eigenvalue weighted by atomic mass is 10.0. The van der Waals surface area contributed by atoms with Gasteiger partial charge in [-0.15, -0.1) is 0 Å². The van der Waals surface area contributed by atoms with Crippen molar-refractivity contribution in [2.24, 2.45) is 7.05 Å². The number of pyridine rings is 1. The second kappa shape index (κ2) is 9.88. The molecule has 2 aromatic heterocycles. The van der Waals surface area contributed by atoms with Crippen molar-refractivity contribution in [2.45, 2.75) is 26.3 Å². The van der Waals surface area contributed by atoms with Crippen LogP contribution in [0, 0.1) is 12.7 Å². The molecule has 0 spiro atoms. The second-order valence-corrected chi connectivity index (χ2v) is 8.27. The second-order valence-electron chi connectivity index (χ2n) is 8.27. The van der Waals surface area contributed by atoms with Crippen LogP contribution < -0.4 is 20.3 Å². The smallest absolute Gasteiger partial charge is 0.266 e. The summed E-state index contributed by atoms with van der Waals surface area (Å²) >= 11 is 0. The molecule has 0 fully saturated rings. The number of benzene rings is 2. The Morgan fingerprint density at radius 2 is 1.69 bits per heavy atom. The third kappa shape index (κ3) is 4.46. The molecule has 0 aliphatic carbocycles. The van der Waals surface area contributed by atoms with E-state index in [4.69, 9.17) is 9.47 Å². The first kappa shape index (κ1) is 25.0. The van der Waals surface area contributed by atoms with E-state index in [0.29, 0.717) is 45.3 Å². The van der Waals surface area contributed by atoms with E-state index in [-0.39, 0.29) is 11.1 Å². The molecule has 1 N–H and O–H groups in total. The van der Waals surface area contributed by atoms with Gasteiger partial charge in [-0.05, 0) is 37.6 Å². The number of anilines is 1. The predicted molar refractivity (Wildman–Crippen MR) is 131 cm³/mol. The fourth-order valence-corrected chi connectivity index (χ4v) is 4.11. The van der Waals surface area contributed by atoms with Crippen LogP contribution in [0.1, 0.15) is 36.3 Å². The number of aryl methyl sites for hydroxylation is 2. The Labute approximate surface area is 205 Å². The minimum Gasteiger partial charge on any atom is -0.493 e. The lowest BCUT2D eigenvalue weighted by Crippen LogP contribution is -2.21. The molecule has 36 heavy (non-hydrogen) atoms. The first-order chi connectivity index (χ1) is 17.2. The van der Waals surface area contributed by atoms with Crippen LogP contribution in [0.15, 0.2) is 47.3 Å². The van der Waals surface area contributed by atoms with Crippen molar-refractivity contribution in [3.05, 3.63) is 75.6 Å². The Hall–Kier alpha value is -4.08. The van der Waals surface area contributed by atoms with Gasteiger partial charge in [0.25, 0.3) is 12.0 Å². The number of aromatic nitrogens is 3. The molecule has 0 radical (unpaired) electrons. The fourth-order valence-electron chi connectivity index (χ4n) is 4.11. The van der Waals surface area contributed by atoms with Crippen LogP contribution in [0.25, 0.3) is 22.2 Å². The van der Waals surface area contributed by atoms with Crippen molar-refractivity contribution in [3.8, 4) is 22.6 Å². The molecule has 0 amide bonds. The van der Waals surface area contributed by atoms with Crippen molar-refractivity contribution in [1.29, 1.82) is 0 Å². The molecule has 0 bridgehead atoms. The van der Waals surface area contributed by atoms with Gasteiger partial charge in [-0.3, -0.25) is 9.36 Å². The summed E-state index contributed by atoms with van der Waals surface area (Å²) in [7, 11) is 4.62. The summed E-state index contributed by atoms with van der Waals surface area (Å²) in [6.45, 7) is 3.31. The zero-order valence-electron chi connectivity index (χ0n) is 20.4. The van der Waals surface area contributed by atoms with Gasteiger partial charge in [0.2, 0.25) is 0 Å². The molecule has 0 aliphatic heterocycles. The quantitative estimate of drug-likeness (QED) is 0.359. The first-order valence-electron chi connectivity index (χ1n) is 11.1.